The number of ketones is 2. The second kappa shape index (κ2) is 7.81. The van der Waals surface area contributed by atoms with Crippen LogP contribution in [0.4, 0.5) is 0 Å². The molecule has 0 aromatic rings. The van der Waals surface area contributed by atoms with Crippen molar-refractivity contribution in [2.75, 3.05) is 0 Å². The number of hydrogen-bond acceptors (Lipinski definition) is 2. The third-order valence-corrected chi connectivity index (χ3v) is 0.498. The van der Waals surface area contributed by atoms with Crippen molar-refractivity contribution < 1.29 is 31.8 Å². The minimum atomic E-state index is -0.0625. The van der Waals surface area contributed by atoms with Crippen LogP contribution in [0.3, 0.4) is 0 Å². The molecule has 0 rings (SSSR count). The maximum absolute atomic E-state index is 10.0. The molecule has 0 heterocycles. The van der Waals surface area contributed by atoms with E-state index in [4.69, 9.17) is 0 Å². The molecule has 2 N–H and O–H groups in total. The standard InChI is InChI=1S/C5H8O2.Co.H2O/c1-4(6)3-5(2)7;;/h3H2,1-2H3;;1H2/q;+3;. The second-order valence-electron chi connectivity index (χ2n) is 1.58. The normalized spacial score (nSPS) is 6.44. The Morgan fingerprint density at radius 3 is 1.33 bits per heavy atom. The van der Waals surface area contributed by atoms with Crippen molar-refractivity contribution in [3.8, 4) is 0 Å². The Kier molecular flexibility index (Phi) is 13.8. The number of carbonyl (C=O) groups excluding carboxylic acids is 2. The first-order valence-corrected chi connectivity index (χ1v) is 2.12. The van der Waals surface area contributed by atoms with E-state index >= 15 is 0 Å². The molecule has 0 aliphatic rings. The summed E-state index contributed by atoms with van der Waals surface area (Å²) in [4.78, 5) is 20.1. The molecule has 0 fully saturated rings. The molecule has 0 aromatic heterocycles. The largest absolute Gasteiger partial charge is 3.00 e. The fourth-order valence-corrected chi connectivity index (χ4v) is 0.351. The summed E-state index contributed by atoms with van der Waals surface area (Å²) in [7, 11) is 0. The molecular formula is C5H10CoO3+3. The maximum atomic E-state index is 10.0. The van der Waals surface area contributed by atoms with Gasteiger partial charge in [0.1, 0.15) is 11.6 Å². The first kappa shape index (κ1) is 15.9. The Labute approximate surface area is 64.3 Å². The summed E-state index contributed by atoms with van der Waals surface area (Å²) in [6.45, 7) is 2.81. The number of Topliss-reactive ketones (excluding diaryl/α,β-unsaturated/α-hetero) is 2. The van der Waals surface area contributed by atoms with Crippen molar-refractivity contribution in [1.82, 2.24) is 0 Å². The Balaban J connectivity index is -0.000000180. The number of rotatable bonds is 2. The molecule has 3 nitrogen and oxygen atoms in total. The van der Waals surface area contributed by atoms with Gasteiger partial charge in [-0.15, -0.1) is 0 Å². The molecule has 54 valence electrons. The zero-order valence-electron chi connectivity index (χ0n) is 5.36. The van der Waals surface area contributed by atoms with Gasteiger partial charge in [0.05, 0.1) is 6.42 Å². The summed E-state index contributed by atoms with van der Waals surface area (Å²) < 4.78 is 0. The first-order chi connectivity index (χ1) is 3.13. The van der Waals surface area contributed by atoms with E-state index in [1.54, 1.807) is 0 Å². The van der Waals surface area contributed by atoms with Gasteiger partial charge in [0, 0.05) is 0 Å². The third kappa shape index (κ3) is 18.2. The fraction of sp³-hybridized carbons (Fsp3) is 0.600. The second-order valence-corrected chi connectivity index (χ2v) is 1.58. The van der Waals surface area contributed by atoms with Crippen molar-refractivity contribution in [3.05, 3.63) is 0 Å². The number of carbonyl (C=O) groups is 2. The summed E-state index contributed by atoms with van der Waals surface area (Å²) in [5.74, 6) is -0.125. The van der Waals surface area contributed by atoms with Crippen molar-refractivity contribution in [2.45, 2.75) is 20.3 Å². The zero-order valence-corrected chi connectivity index (χ0v) is 6.40. The minimum Gasteiger partial charge on any atom is -0.412 e. The Morgan fingerprint density at radius 1 is 1.11 bits per heavy atom. The van der Waals surface area contributed by atoms with Gasteiger partial charge >= 0.3 is 16.8 Å². The molecular weight excluding hydrogens is 167 g/mol. The van der Waals surface area contributed by atoms with E-state index in [1.165, 1.54) is 13.8 Å². The molecule has 9 heavy (non-hydrogen) atoms. The molecule has 0 radical (unpaired) electrons. The van der Waals surface area contributed by atoms with Gasteiger partial charge < -0.3 is 5.48 Å². The smallest absolute Gasteiger partial charge is 0.412 e. The van der Waals surface area contributed by atoms with Crippen LogP contribution in [-0.4, -0.2) is 17.0 Å². The van der Waals surface area contributed by atoms with E-state index in [-0.39, 0.29) is 40.2 Å². The van der Waals surface area contributed by atoms with E-state index < -0.39 is 0 Å². The van der Waals surface area contributed by atoms with Gasteiger partial charge in [-0.05, 0) is 13.8 Å². The predicted octanol–water partition coefficient (Wildman–Crippen LogP) is -0.273. The van der Waals surface area contributed by atoms with Crippen LogP contribution in [0.5, 0.6) is 0 Å². The maximum Gasteiger partial charge on any atom is 3.00 e. The predicted molar refractivity (Wildman–Crippen MR) is 29.6 cm³/mol. The van der Waals surface area contributed by atoms with Gasteiger partial charge in [-0.25, -0.2) is 0 Å². The fourth-order valence-electron chi connectivity index (χ4n) is 0.351. The van der Waals surface area contributed by atoms with Crippen LogP contribution in [0.1, 0.15) is 20.3 Å². The molecule has 0 saturated carbocycles. The van der Waals surface area contributed by atoms with E-state index in [0.717, 1.165) is 0 Å². The molecule has 0 spiro atoms. The molecule has 0 aliphatic heterocycles. The Bertz CT molecular complexity index is 88.4. The minimum absolute atomic E-state index is 0. The van der Waals surface area contributed by atoms with Crippen LogP contribution in [0.15, 0.2) is 0 Å². The first-order valence-electron chi connectivity index (χ1n) is 2.12. The van der Waals surface area contributed by atoms with Crippen LogP contribution in [0, 0.1) is 0 Å². The summed E-state index contributed by atoms with van der Waals surface area (Å²) in [5, 5.41) is 0. The monoisotopic (exact) mass is 177 g/mol. The molecule has 0 saturated heterocycles. The zero-order chi connectivity index (χ0) is 5.86. The molecule has 4 heteroatoms. The molecule has 0 aliphatic carbocycles. The van der Waals surface area contributed by atoms with Crippen LogP contribution in [0.25, 0.3) is 0 Å². The summed E-state index contributed by atoms with van der Waals surface area (Å²) in [6, 6.07) is 0. The van der Waals surface area contributed by atoms with Crippen LogP contribution in [0.2, 0.25) is 0 Å². The number of hydrogen-bond donors (Lipinski definition) is 0. The van der Waals surface area contributed by atoms with Crippen LogP contribution < -0.4 is 0 Å². The van der Waals surface area contributed by atoms with Gasteiger partial charge in [-0.3, -0.25) is 9.59 Å². The van der Waals surface area contributed by atoms with Crippen molar-refractivity contribution in [2.24, 2.45) is 0 Å². The van der Waals surface area contributed by atoms with E-state index in [1.807, 2.05) is 0 Å². The quantitative estimate of drug-likeness (QED) is 0.544. The Morgan fingerprint density at radius 2 is 1.33 bits per heavy atom. The van der Waals surface area contributed by atoms with E-state index in [0.29, 0.717) is 0 Å². The van der Waals surface area contributed by atoms with Gasteiger partial charge in [-0.2, -0.15) is 0 Å². The SMILES string of the molecule is CC(=O)CC(C)=O.O.[Co+3]. The summed E-state index contributed by atoms with van der Waals surface area (Å²) >= 11 is 0. The van der Waals surface area contributed by atoms with Crippen molar-refractivity contribution in [3.63, 3.8) is 0 Å². The van der Waals surface area contributed by atoms with Crippen molar-refractivity contribution in [1.29, 1.82) is 0 Å². The van der Waals surface area contributed by atoms with Crippen molar-refractivity contribution >= 4 is 11.6 Å². The van der Waals surface area contributed by atoms with Crippen LogP contribution in [-0.2, 0) is 26.4 Å². The average molecular weight is 177 g/mol. The molecule has 0 aromatic carbocycles. The average Bonchev–Trinajstić information content (AvgIpc) is 1.27. The summed E-state index contributed by atoms with van der Waals surface area (Å²) in [5.41, 5.74) is 0. The van der Waals surface area contributed by atoms with Gasteiger partial charge in [0.25, 0.3) is 0 Å². The van der Waals surface area contributed by atoms with Gasteiger partial charge in [0.2, 0.25) is 0 Å². The van der Waals surface area contributed by atoms with Gasteiger partial charge in [-0.1, -0.05) is 0 Å². The third-order valence-electron chi connectivity index (χ3n) is 0.498. The molecule has 0 bridgehead atoms. The Hall–Kier alpha value is -0.194. The van der Waals surface area contributed by atoms with E-state index in [9.17, 15) is 9.59 Å². The van der Waals surface area contributed by atoms with E-state index in [2.05, 4.69) is 0 Å². The molecule has 0 atom stereocenters. The van der Waals surface area contributed by atoms with Crippen LogP contribution >= 0.6 is 0 Å². The molecule has 0 unspecified atom stereocenters. The van der Waals surface area contributed by atoms with Gasteiger partial charge in [0.15, 0.2) is 0 Å². The molecule has 0 amide bonds. The summed E-state index contributed by atoms with van der Waals surface area (Å²) in [6.07, 6.45) is 0.0833. The topological polar surface area (TPSA) is 65.6 Å².